The fourth-order valence-corrected chi connectivity index (χ4v) is 2.81. The van der Waals surface area contributed by atoms with Crippen molar-refractivity contribution in [2.45, 2.75) is 10.8 Å². The minimum atomic E-state index is -3.14. The molecule has 2 aromatic rings. The van der Waals surface area contributed by atoms with E-state index in [0.717, 1.165) is 24.5 Å². The minimum absolute atomic E-state index is 0.336. The molecule has 1 aliphatic rings. The van der Waals surface area contributed by atoms with Crippen LogP contribution in [0.25, 0.3) is 5.69 Å². The summed E-state index contributed by atoms with van der Waals surface area (Å²) in [5.41, 5.74) is 2.10. The maximum Gasteiger partial charge on any atom is 0.175 e. The second-order valence-electron chi connectivity index (χ2n) is 4.81. The number of benzene rings is 1. The fraction of sp³-hybridized carbons (Fsp3) is 0.308. The first-order valence-corrected chi connectivity index (χ1v) is 7.98. The van der Waals surface area contributed by atoms with Crippen molar-refractivity contribution in [2.75, 3.05) is 19.3 Å². The number of imidazole rings is 1. The average Bonchev–Trinajstić information content (AvgIpc) is 2.75. The second-order valence-corrected chi connectivity index (χ2v) is 6.83. The lowest BCUT2D eigenvalue weighted by atomic mass is 10.00. The van der Waals surface area contributed by atoms with Gasteiger partial charge in [0.2, 0.25) is 0 Å². The SMILES string of the molecule is CS(=O)(=O)c1ccc(-n2cncc2C2CNC2)cc1. The van der Waals surface area contributed by atoms with Gasteiger partial charge in [0, 0.05) is 42.8 Å². The Kier molecular flexibility index (Phi) is 2.91. The van der Waals surface area contributed by atoms with E-state index in [9.17, 15) is 8.42 Å². The highest BCUT2D eigenvalue weighted by molar-refractivity contribution is 7.90. The quantitative estimate of drug-likeness (QED) is 0.907. The van der Waals surface area contributed by atoms with Crippen LogP contribution in [-0.4, -0.2) is 37.3 Å². The standard InChI is InChI=1S/C13H15N3O2S/c1-19(17,18)12-4-2-11(3-5-12)16-9-15-8-13(16)10-6-14-7-10/h2-5,8-10,14H,6-7H2,1H3. The van der Waals surface area contributed by atoms with Gasteiger partial charge in [-0.25, -0.2) is 13.4 Å². The molecule has 1 aromatic heterocycles. The summed E-state index contributed by atoms with van der Waals surface area (Å²) in [6.07, 6.45) is 4.85. The van der Waals surface area contributed by atoms with Crippen molar-refractivity contribution in [1.82, 2.24) is 14.9 Å². The molecule has 0 atom stereocenters. The molecular weight excluding hydrogens is 262 g/mol. The molecule has 0 unspecified atom stereocenters. The Morgan fingerprint density at radius 3 is 2.47 bits per heavy atom. The number of hydrogen-bond acceptors (Lipinski definition) is 4. The third kappa shape index (κ3) is 2.29. The van der Waals surface area contributed by atoms with Gasteiger partial charge in [-0.05, 0) is 24.3 Å². The van der Waals surface area contributed by atoms with E-state index in [1.165, 1.54) is 6.26 Å². The molecule has 1 aliphatic heterocycles. The van der Waals surface area contributed by atoms with E-state index in [4.69, 9.17) is 0 Å². The molecule has 1 aromatic carbocycles. The maximum atomic E-state index is 11.4. The first-order chi connectivity index (χ1) is 9.05. The van der Waals surface area contributed by atoms with Crippen molar-refractivity contribution in [3.63, 3.8) is 0 Å². The Morgan fingerprint density at radius 1 is 1.26 bits per heavy atom. The predicted molar refractivity (Wildman–Crippen MR) is 72.3 cm³/mol. The summed E-state index contributed by atoms with van der Waals surface area (Å²) >= 11 is 0. The predicted octanol–water partition coefficient (Wildman–Crippen LogP) is 0.963. The number of sulfone groups is 1. The molecule has 6 heteroatoms. The first kappa shape index (κ1) is 12.4. The molecule has 0 saturated carbocycles. The highest BCUT2D eigenvalue weighted by Gasteiger charge is 2.22. The summed E-state index contributed by atoms with van der Waals surface area (Å²) in [6, 6.07) is 6.89. The number of hydrogen-bond donors (Lipinski definition) is 1. The third-order valence-electron chi connectivity index (χ3n) is 3.41. The van der Waals surface area contributed by atoms with Crippen molar-refractivity contribution >= 4 is 9.84 Å². The minimum Gasteiger partial charge on any atom is -0.315 e. The fourth-order valence-electron chi connectivity index (χ4n) is 2.17. The van der Waals surface area contributed by atoms with Crippen molar-refractivity contribution in [3.05, 3.63) is 42.5 Å². The van der Waals surface area contributed by atoms with E-state index in [1.54, 1.807) is 18.5 Å². The van der Waals surface area contributed by atoms with Gasteiger partial charge in [-0.15, -0.1) is 0 Å². The van der Waals surface area contributed by atoms with Crippen molar-refractivity contribution in [2.24, 2.45) is 0 Å². The summed E-state index contributed by atoms with van der Waals surface area (Å²) < 4.78 is 24.9. The summed E-state index contributed by atoms with van der Waals surface area (Å²) in [7, 11) is -3.14. The zero-order valence-electron chi connectivity index (χ0n) is 10.6. The third-order valence-corrected chi connectivity index (χ3v) is 4.54. The van der Waals surface area contributed by atoms with Gasteiger partial charge >= 0.3 is 0 Å². The molecular formula is C13H15N3O2S. The Morgan fingerprint density at radius 2 is 1.95 bits per heavy atom. The molecule has 3 rings (SSSR count). The Labute approximate surface area is 112 Å². The van der Waals surface area contributed by atoms with Crippen LogP contribution >= 0.6 is 0 Å². The smallest absolute Gasteiger partial charge is 0.175 e. The zero-order chi connectivity index (χ0) is 13.5. The maximum absolute atomic E-state index is 11.4. The van der Waals surface area contributed by atoms with Crippen LogP contribution < -0.4 is 5.32 Å². The van der Waals surface area contributed by atoms with Crippen LogP contribution in [-0.2, 0) is 9.84 Å². The van der Waals surface area contributed by atoms with Crippen LogP contribution in [0.3, 0.4) is 0 Å². The zero-order valence-corrected chi connectivity index (χ0v) is 11.4. The van der Waals surface area contributed by atoms with Crippen LogP contribution in [0.2, 0.25) is 0 Å². The molecule has 0 radical (unpaired) electrons. The van der Waals surface area contributed by atoms with Crippen LogP contribution in [0.5, 0.6) is 0 Å². The van der Waals surface area contributed by atoms with Crippen LogP contribution in [0, 0.1) is 0 Å². The van der Waals surface area contributed by atoms with Crippen LogP contribution in [0.4, 0.5) is 0 Å². The molecule has 5 nitrogen and oxygen atoms in total. The van der Waals surface area contributed by atoms with Crippen molar-refractivity contribution < 1.29 is 8.42 Å². The van der Waals surface area contributed by atoms with Gasteiger partial charge in [-0.1, -0.05) is 0 Å². The van der Waals surface area contributed by atoms with E-state index in [0.29, 0.717) is 10.8 Å². The van der Waals surface area contributed by atoms with Gasteiger partial charge in [0.15, 0.2) is 9.84 Å². The Bertz CT molecular complexity index is 685. The number of aromatic nitrogens is 2. The van der Waals surface area contributed by atoms with Crippen molar-refractivity contribution in [1.29, 1.82) is 0 Å². The molecule has 0 amide bonds. The molecule has 19 heavy (non-hydrogen) atoms. The molecule has 1 saturated heterocycles. The first-order valence-electron chi connectivity index (χ1n) is 6.09. The van der Waals surface area contributed by atoms with Crippen LogP contribution in [0.1, 0.15) is 11.6 Å². The normalized spacial score (nSPS) is 16.3. The summed E-state index contributed by atoms with van der Waals surface area (Å²) in [5.74, 6) is 0.483. The summed E-state index contributed by atoms with van der Waals surface area (Å²) in [4.78, 5) is 4.53. The molecule has 1 N–H and O–H groups in total. The van der Waals surface area contributed by atoms with E-state index in [1.807, 2.05) is 22.9 Å². The number of nitrogens with zero attached hydrogens (tertiary/aromatic N) is 2. The lowest BCUT2D eigenvalue weighted by molar-refractivity contribution is 0.435. The molecule has 0 aliphatic carbocycles. The van der Waals surface area contributed by atoms with E-state index in [-0.39, 0.29) is 0 Å². The van der Waals surface area contributed by atoms with Gasteiger partial charge in [0.25, 0.3) is 0 Å². The van der Waals surface area contributed by atoms with Gasteiger partial charge < -0.3 is 9.88 Å². The molecule has 100 valence electrons. The van der Waals surface area contributed by atoms with Crippen molar-refractivity contribution in [3.8, 4) is 5.69 Å². The van der Waals surface area contributed by atoms with Gasteiger partial charge in [-0.2, -0.15) is 0 Å². The molecule has 1 fully saturated rings. The average molecular weight is 277 g/mol. The summed E-state index contributed by atoms with van der Waals surface area (Å²) in [5, 5.41) is 3.24. The highest BCUT2D eigenvalue weighted by atomic mass is 32.2. The van der Waals surface area contributed by atoms with Gasteiger partial charge in [0.05, 0.1) is 11.2 Å². The van der Waals surface area contributed by atoms with Gasteiger partial charge in [-0.3, -0.25) is 0 Å². The highest BCUT2D eigenvalue weighted by Crippen LogP contribution is 2.23. The van der Waals surface area contributed by atoms with E-state index >= 15 is 0 Å². The Balaban J connectivity index is 1.96. The monoisotopic (exact) mass is 277 g/mol. The Hall–Kier alpha value is -1.66. The molecule has 0 spiro atoms. The lowest BCUT2D eigenvalue weighted by Gasteiger charge is -2.27. The largest absolute Gasteiger partial charge is 0.315 e. The van der Waals surface area contributed by atoms with E-state index in [2.05, 4.69) is 10.3 Å². The number of nitrogens with one attached hydrogen (secondary N) is 1. The molecule has 0 bridgehead atoms. The second kappa shape index (κ2) is 4.47. The van der Waals surface area contributed by atoms with E-state index < -0.39 is 9.84 Å². The topological polar surface area (TPSA) is 64.0 Å². The van der Waals surface area contributed by atoms with Crippen LogP contribution in [0.15, 0.2) is 41.7 Å². The lowest BCUT2D eigenvalue weighted by Crippen LogP contribution is -2.40. The summed E-state index contributed by atoms with van der Waals surface area (Å²) in [6.45, 7) is 1.93. The van der Waals surface area contributed by atoms with Gasteiger partial charge in [0.1, 0.15) is 0 Å². The molecule has 2 heterocycles. The number of rotatable bonds is 3.